The minimum absolute atomic E-state index is 0.113. The molecular formula is C9H5ClF3N3OS. The summed E-state index contributed by atoms with van der Waals surface area (Å²) in [6.45, 7) is -0.307. The number of nitrogens with zero attached hydrogens (tertiary/aromatic N) is 3. The van der Waals surface area contributed by atoms with Crippen molar-refractivity contribution in [2.45, 2.75) is 12.7 Å². The standard InChI is InChI=1S/C9H5ClF3N3OS/c10-8-15-14-6(18-8)4-16-5(9(11,12)13)2-1-3-7(16)17/h1-3H,4H2. The van der Waals surface area contributed by atoms with Crippen LogP contribution in [0.25, 0.3) is 0 Å². The van der Waals surface area contributed by atoms with Crippen molar-refractivity contribution in [2.24, 2.45) is 0 Å². The van der Waals surface area contributed by atoms with Crippen LogP contribution in [-0.2, 0) is 12.7 Å². The van der Waals surface area contributed by atoms with Crippen molar-refractivity contribution < 1.29 is 13.2 Å². The molecule has 0 aliphatic carbocycles. The van der Waals surface area contributed by atoms with E-state index in [-0.39, 0.29) is 16.0 Å². The third-order valence-corrected chi connectivity index (χ3v) is 3.08. The van der Waals surface area contributed by atoms with Crippen LogP contribution in [-0.4, -0.2) is 14.8 Å². The summed E-state index contributed by atoms with van der Waals surface area (Å²) in [4.78, 5) is 11.5. The summed E-state index contributed by atoms with van der Waals surface area (Å²) < 4.78 is 38.9. The van der Waals surface area contributed by atoms with Gasteiger partial charge in [0.2, 0.25) is 4.47 Å². The second-order valence-corrected chi connectivity index (χ2v) is 4.93. The van der Waals surface area contributed by atoms with E-state index in [0.717, 1.165) is 29.5 Å². The van der Waals surface area contributed by atoms with Gasteiger partial charge < -0.3 is 0 Å². The van der Waals surface area contributed by atoms with Gasteiger partial charge in [-0.05, 0) is 17.7 Å². The summed E-state index contributed by atoms with van der Waals surface area (Å²) in [6, 6.07) is 2.96. The van der Waals surface area contributed by atoms with E-state index in [0.29, 0.717) is 4.57 Å². The van der Waals surface area contributed by atoms with Gasteiger partial charge in [-0.15, -0.1) is 10.2 Å². The molecule has 0 saturated heterocycles. The van der Waals surface area contributed by atoms with E-state index < -0.39 is 17.4 Å². The van der Waals surface area contributed by atoms with Crippen molar-refractivity contribution in [1.29, 1.82) is 0 Å². The molecule has 4 nitrogen and oxygen atoms in total. The van der Waals surface area contributed by atoms with Gasteiger partial charge in [0.05, 0.1) is 6.54 Å². The Morgan fingerprint density at radius 3 is 2.61 bits per heavy atom. The topological polar surface area (TPSA) is 47.8 Å². The second-order valence-electron chi connectivity index (χ2n) is 3.28. The van der Waals surface area contributed by atoms with Crippen LogP contribution in [0.2, 0.25) is 4.47 Å². The zero-order valence-electron chi connectivity index (χ0n) is 8.61. The number of aromatic nitrogens is 3. The fourth-order valence-electron chi connectivity index (χ4n) is 1.36. The maximum atomic E-state index is 12.7. The van der Waals surface area contributed by atoms with Gasteiger partial charge in [-0.1, -0.05) is 17.4 Å². The summed E-state index contributed by atoms with van der Waals surface area (Å²) in [5.41, 5.74) is -1.78. The molecular weight excluding hydrogens is 291 g/mol. The van der Waals surface area contributed by atoms with Crippen molar-refractivity contribution >= 4 is 22.9 Å². The average Bonchev–Trinajstić information content (AvgIpc) is 2.65. The summed E-state index contributed by atoms with van der Waals surface area (Å²) in [5, 5.41) is 7.29. The lowest BCUT2D eigenvalue weighted by molar-refractivity contribution is -0.144. The van der Waals surface area contributed by atoms with Gasteiger partial charge >= 0.3 is 6.18 Å². The molecule has 0 aromatic carbocycles. The molecule has 0 aliphatic rings. The number of alkyl halides is 3. The van der Waals surface area contributed by atoms with Crippen molar-refractivity contribution in [3.63, 3.8) is 0 Å². The molecule has 96 valence electrons. The first-order valence-corrected chi connectivity index (χ1v) is 5.82. The average molecular weight is 296 g/mol. The quantitative estimate of drug-likeness (QED) is 0.855. The van der Waals surface area contributed by atoms with Gasteiger partial charge in [-0.2, -0.15) is 13.2 Å². The first kappa shape index (κ1) is 13.0. The Kier molecular flexibility index (Phi) is 3.40. The van der Waals surface area contributed by atoms with E-state index in [1.807, 2.05) is 0 Å². The largest absolute Gasteiger partial charge is 0.431 e. The maximum absolute atomic E-state index is 12.7. The zero-order chi connectivity index (χ0) is 13.3. The molecule has 0 saturated carbocycles. The molecule has 9 heteroatoms. The van der Waals surface area contributed by atoms with Gasteiger partial charge in [-0.25, -0.2) is 0 Å². The molecule has 0 fully saturated rings. The summed E-state index contributed by atoms with van der Waals surface area (Å²) >= 11 is 6.46. The molecule has 0 unspecified atom stereocenters. The Hall–Kier alpha value is -1.41. The predicted molar refractivity (Wildman–Crippen MR) is 59.7 cm³/mol. The highest BCUT2D eigenvalue weighted by Crippen LogP contribution is 2.28. The zero-order valence-corrected chi connectivity index (χ0v) is 10.2. The maximum Gasteiger partial charge on any atom is 0.431 e. The molecule has 0 bridgehead atoms. The monoisotopic (exact) mass is 295 g/mol. The van der Waals surface area contributed by atoms with E-state index >= 15 is 0 Å². The molecule has 0 aliphatic heterocycles. The number of hydrogen-bond acceptors (Lipinski definition) is 4. The Labute approximate surface area is 108 Å². The van der Waals surface area contributed by atoms with Crippen molar-refractivity contribution in [3.8, 4) is 0 Å². The lowest BCUT2D eigenvalue weighted by Crippen LogP contribution is -2.27. The van der Waals surface area contributed by atoms with Crippen LogP contribution in [0.15, 0.2) is 23.0 Å². The highest BCUT2D eigenvalue weighted by Gasteiger charge is 2.34. The van der Waals surface area contributed by atoms with Crippen LogP contribution in [0.4, 0.5) is 13.2 Å². The summed E-state index contributed by atoms with van der Waals surface area (Å²) in [7, 11) is 0. The molecule has 0 spiro atoms. The van der Waals surface area contributed by atoms with Gasteiger partial charge in [0.1, 0.15) is 10.7 Å². The Morgan fingerprint density at radius 2 is 2.06 bits per heavy atom. The summed E-state index contributed by atoms with van der Waals surface area (Å²) in [5.74, 6) is 0. The normalized spacial score (nSPS) is 11.8. The molecule has 18 heavy (non-hydrogen) atoms. The third-order valence-electron chi connectivity index (χ3n) is 2.08. The van der Waals surface area contributed by atoms with Gasteiger partial charge in [0.25, 0.3) is 5.56 Å². The van der Waals surface area contributed by atoms with Crippen molar-refractivity contribution in [3.05, 3.63) is 43.7 Å². The third kappa shape index (κ3) is 2.70. The van der Waals surface area contributed by atoms with Crippen LogP contribution in [0.3, 0.4) is 0 Å². The molecule has 0 amide bonds. The van der Waals surface area contributed by atoms with Gasteiger partial charge in [0.15, 0.2) is 0 Å². The minimum atomic E-state index is -4.60. The fraction of sp³-hybridized carbons (Fsp3) is 0.222. The lowest BCUT2D eigenvalue weighted by atomic mass is 10.3. The van der Waals surface area contributed by atoms with Crippen LogP contribution < -0.4 is 5.56 Å². The van der Waals surface area contributed by atoms with Gasteiger partial charge in [0, 0.05) is 6.07 Å². The lowest BCUT2D eigenvalue weighted by Gasteiger charge is -2.13. The van der Waals surface area contributed by atoms with E-state index in [2.05, 4.69) is 10.2 Å². The van der Waals surface area contributed by atoms with Crippen LogP contribution in [0.1, 0.15) is 10.7 Å². The first-order valence-electron chi connectivity index (χ1n) is 4.63. The van der Waals surface area contributed by atoms with Crippen LogP contribution >= 0.6 is 22.9 Å². The molecule has 0 radical (unpaired) electrons. The fourth-order valence-corrected chi connectivity index (χ4v) is 2.22. The highest BCUT2D eigenvalue weighted by atomic mass is 35.5. The Morgan fingerprint density at radius 1 is 1.33 bits per heavy atom. The number of halogens is 4. The molecule has 2 heterocycles. The molecule has 2 aromatic rings. The Bertz CT molecular complexity index is 622. The number of pyridine rings is 1. The van der Waals surface area contributed by atoms with E-state index in [1.165, 1.54) is 0 Å². The van der Waals surface area contributed by atoms with E-state index in [4.69, 9.17) is 11.6 Å². The summed E-state index contributed by atoms with van der Waals surface area (Å²) in [6.07, 6.45) is -4.60. The van der Waals surface area contributed by atoms with Crippen molar-refractivity contribution in [1.82, 2.24) is 14.8 Å². The smallest absolute Gasteiger partial charge is 0.297 e. The Balaban J connectivity index is 2.47. The highest BCUT2D eigenvalue weighted by molar-refractivity contribution is 7.15. The number of rotatable bonds is 2. The van der Waals surface area contributed by atoms with Crippen LogP contribution in [0.5, 0.6) is 0 Å². The molecule has 2 rings (SSSR count). The minimum Gasteiger partial charge on any atom is -0.297 e. The predicted octanol–water partition coefficient (Wildman–Crippen LogP) is 2.42. The SMILES string of the molecule is O=c1cccc(C(F)(F)F)n1Cc1nnc(Cl)s1. The second kappa shape index (κ2) is 4.69. The van der Waals surface area contributed by atoms with Crippen LogP contribution in [0, 0.1) is 0 Å². The van der Waals surface area contributed by atoms with Gasteiger partial charge in [-0.3, -0.25) is 9.36 Å². The first-order chi connectivity index (χ1) is 8.38. The van der Waals surface area contributed by atoms with E-state index in [1.54, 1.807) is 0 Å². The molecule has 0 atom stereocenters. The molecule has 0 N–H and O–H groups in total. The van der Waals surface area contributed by atoms with Crippen molar-refractivity contribution in [2.75, 3.05) is 0 Å². The van der Waals surface area contributed by atoms with E-state index in [9.17, 15) is 18.0 Å². The molecule has 2 aromatic heterocycles. The number of hydrogen-bond donors (Lipinski definition) is 0.